The first-order valence-electron chi connectivity index (χ1n) is 37.2. The largest absolute Gasteiger partial charge is 0.478 e. The van der Waals surface area contributed by atoms with Crippen LogP contribution in [-0.2, 0) is 34.9 Å². The molecule has 4 fully saturated rings. The van der Waals surface area contributed by atoms with E-state index in [9.17, 15) is 43.2 Å². The number of aliphatic imine (C=N–C) groups is 1. The minimum absolute atomic E-state index is 0.0441. The Kier molecular flexibility index (Phi) is 32.9. The van der Waals surface area contributed by atoms with Crippen molar-refractivity contribution in [3.8, 4) is 11.3 Å². The van der Waals surface area contributed by atoms with Gasteiger partial charge in [0, 0.05) is 158 Å². The molecule has 6 N–H and O–H groups in total. The number of methoxy groups -OCH3 is 2. The van der Waals surface area contributed by atoms with Crippen LogP contribution in [0.5, 0.6) is 0 Å². The van der Waals surface area contributed by atoms with E-state index in [4.69, 9.17) is 24.3 Å². The van der Waals surface area contributed by atoms with Crippen LogP contribution in [0.2, 0.25) is 0 Å². The third-order valence-electron chi connectivity index (χ3n) is 19.3. The lowest BCUT2D eigenvalue weighted by atomic mass is 9.87. The van der Waals surface area contributed by atoms with Crippen LogP contribution >= 0.6 is 0 Å². The van der Waals surface area contributed by atoms with Gasteiger partial charge in [-0.3, -0.25) is 29.3 Å². The number of rotatable bonds is 22. The van der Waals surface area contributed by atoms with E-state index in [0.29, 0.717) is 89.2 Å². The Hall–Kier alpha value is -11.4. The third kappa shape index (κ3) is 26.4. The molecule has 111 heavy (non-hydrogen) atoms. The Morgan fingerprint density at radius 1 is 0.514 bits per heavy atom. The zero-order valence-corrected chi connectivity index (χ0v) is 63.7. The molecular formula is C82H100N14O15. The van der Waals surface area contributed by atoms with Crippen molar-refractivity contribution >= 4 is 88.0 Å². The molecular weight excluding hydrogens is 1420 g/mol. The third-order valence-corrected chi connectivity index (χ3v) is 19.3. The molecule has 4 aliphatic heterocycles. The summed E-state index contributed by atoms with van der Waals surface area (Å²) in [5, 5.41) is 23.7. The number of carbonyl (C=O) groups excluding carboxylic acids is 8. The summed E-state index contributed by atoms with van der Waals surface area (Å²) in [4.78, 5) is 130. The van der Waals surface area contributed by atoms with Crippen LogP contribution in [-0.4, -0.2) is 260 Å². The van der Waals surface area contributed by atoms with Gasteiger partial charge < -0.3 is 75.0 Å². The molecule has 5 aliphatic rings. The van der Waals surface area contributed by atoms with Crippen molar-refractivity contribution in [1.82, 2.24) is 39.7 Å². The number of urea groups is 3. The van der Waals surface area contributed by atoms with Gasteiger partial charge in [0.25, 0.3) is 11.8 Å². The van der Waals surface area contributed by atoms with Crippen LogP contribution in [0.1, 0.15) is 101 Å². The summed E-state index contributed by atoms with van der Waals surface area (Å²) in [5.74, 6) is -2.38. The number of morpholine rings is 3. The van der Waals surface area contributed by atoms with Crippen molar-refractivity contribution < 1.29 is 71.9 Å². The number of likely N-dealkylation sites (N-methyl/N-ethyl adjacent to an activating group) is 3. The summed E-state index contributed by atoms with van der Waals surface area (Å²) in [6, 6.07) is 43.2. The number of benzene rings is 6. The number of aryl methyl sites for hydroxylation is 1. The number of amides is 8. The van der Waals surface area contributed by atoms with Gasteiger partial charge in [0.15, 0.2) is 0 Å². The summed E-state index contributed by atoms with van der Waals surface area (Å²) in [6.45, 7) is 15.8. The molecule has 4 saturated heterocycles. The number of pyridine rings is 1. The van der Waals surface area contributed by atoms with E-state index in [0.717, 1.165) is 142 Å². The fourth-order valence-electron chi connectivity index (χ4n) is 12.8. The van der Waals surface area contributed by atoms with Crippen LogP contribution in [0.4, 0.5) is 48.5 Å². The lowest BCUT2D eigenvalue weighted by molar-refractivity contribution is 0.0358. The van der Waals surface area contributed by atoms with E-state index in [1.165, 1.54) is 56.0 Å². The zero-order valence-electron chi connectivity index (χ0n) is 63.7. The molecule has 0 saturated carbocycles. The second-order valence-corrected chi connectivity index (χ2v) is 27.0. The molecule has 1 aromatic heterocycles. The predicted molar refractivity (Wildman–Crippen MR) is 423 cm³/mol. The van der Waals surface area contributed by atoms with E-state index >= 15 is 0 Å². The van der Waals surface area contributed by atoms with Gasteiger partial charge >= 0.3 is 36.0 Å². The number of nitrogens with zero attached hydrogens (tertiary/aromatic N) is 9. The van der Waals surface area contributed by atoms with Crippen molar-refractivity contribution in [1.29, 1.82) is 0 Å². The van der Waals surface area contributed by atoms with Gasteiger partial charge in [0.05, 0.1) is 93.7 Å². The molecule has 1 aliphatic carbocycles. The lowest BCUT2D eigenvalue weighted by Gasteiger charge is -2.29. The lowest BCUT2D eigenvalue weighted by Crippen LogP contribution is -2.42. The summed E-state index contributed by atoms with van der Waals surface area (Å²) >= 11 is 0. The number of hydrogen-bond acceptors (Lipinski definition) is 20. The minimum atomic E-state index is -1.02. The van der Waals surface area contributed by atoms with Gasteiger partial charge in [-0.25, -0.2) is 33.6 Å². The molecule has 588 valence electrons. The molecule has 0 radical (unpaired) electrons. The van der Waals surface area contributed by atoms with E-state index in [2.05, 4.69) is 84.9 Å². The molecule has 0 bridgehead atoms. The van der Waals surface area contributed by atoms with Crippen molar-refractivity contribution in [2.24, 2.45) is 4.99 Å². The second-order valence-electron chi connectivity index (χ2n) is 27.0. The first-order valence-corrected chi connectivity index (χ1v) is 37.2. The number of carboxylic acids is 1. The molecule has 0 unspecified atom stereocenters. The van der Waals surface area contributed by atoms with Crippen LogP contribution in [0.25, 0.3) is 11.3 Å². The number of anilines is 5. The molecule has 7 aromatic rings. The van der Waals surface area contributed by atoms with Crippen LogP contribution in [0.3, 0.4) is 0 Å². The quantitative estimate of drug-likeness (QED) is 0.0209. The molecule has 29 nitrogen and oxygen atoms in total. The second kappa shape index (κ2) is 43.7. The van der Waals surface area contributed by atoms with Crippen LogP contribution in [0, 0.1) is 0 Å². The molecule has 1 atom stereocenters. The standard InChI is InChI=1S/C42H49N7O4.C16H23N3O4.C15H21N3O4.C9H7NO3/c1-47(21-22-48-23-25-53-26-24-48)42(52)44-33-12-7-11-31(27-33)40(50)46-38-16-15-34(49-19-5-2-6-20-49)29-36(38)39-28-32(17-18-43-39)41(51)45-37-14-8-10-30-9-3-4-13-35(30)37;1-18(6-7-19-8-10-23-11-9-19)16(21)17-14-5-3-4-13(12-14)15(20)22-2;1-17(5-6-18-7-9-22-10-8-18)15(21)16-13-4-2-3-12(11-13)14(19)20;1-13-9(12)7-3-2-4-8(5-7)10-6-11/h3-4,7,9,11-13,15-18,27-29,37H,2,5-6,8,10,14,19-26H2,1H3,(H,44,52)(H,45,51)(H,46,50);3-5,12H,6-11H2,1-2H3,(H,17,21);2-4,11H,5-10H2,1H3,(H,16,21)(H,19,20);2-5H,1H3/t37-;;;/m0.../s1. The van der Waals surface area contributed by atoms with Gasteiger partial charge in [-0.15, -0.1) is 0 Å². The Morgan fingerprint density at radius 3 is 1.51 bits per heavy atom. The Bertz CT molecular complexity index is 4330. The fraction of sp³-hybridized carbons (Fsp3) is 0.390. The van der Waals surface area contributed by atoms with Crippen molar-refractivity contribution in [2.75, 3.05) is 193 Å². The van der Waals surface area contributed by atoms with Gasteiger partial charge in [-0.05, 0) is 153 Å². The predicted octanol–water partition coefficient (Wildman–Crippen LogP) is 10.5. The number of esters is 2. The highest BCUT2D eigenvalue weighted by Crippen LogP contribution is 2.35. The van der Waals surface area contributed by atoms with Gasteiger partial charge in [-0.2, -0.15) is 4.99 Å². The van der Waals surface area contributed by atoms with Crippen LogP contribution < -0.4 is 31.5 Å². The van der Waals surface area contributed by atoms with Crippen molar-refractivity contribution in [3.05, 3.63) is 197 Å². The fourth-order valence-corrected chi connectivity index (χ4v) is 12.8. The maximum atomic E-state index is 13.8. The van der Waals surface area contributed by atoms with Crippen molar-refractivity contribution in [3.63, 3.8) is 0 Å². The number of ether oxygens (including phenoxy) is 5. The van der Waals surface area contributed by atoms with E-state index in [1.54, 1.807) is 133 Å². The van der Waals surface area contributed by atoms with E-state index in [-0.39, 0.29) is 41.5 Å². The molecule has 5 heterocycles. The maximum Gasteiger partial charge on any atom is 0.337 e. The molecule has 6 aromatic carbocycles. The molecule has 29 heteroatoms. The Balaban J connectivity index is 0.000000200. The van der Waals surface area contributed by atoms with Crippen molar-refractivity contribution in [2.45, 2.75) is 44.6 Å². The molecule has 8 amide bonds. The average Bonchev–Trinajstić information content (AvgIpc) is 0.794. The number of fused-ring (bicyclic) bond motifs is 1. The van der Waals surface area contributed by atoms with Gasteiger partial charge in [0.2, 0.25) is 6.08 Å². The number of hydrogen-bond donors (Lipinski definition) is 6. The number of nitrogens with one attached hydrogen (secondary N) is 5. The highest BCUT2D eigenvalue weighted by Gasteiger charge is 2.25. The number of aromatic carboxylic acids is 1. The average molecular weight is 1520 g/mol. The molecule has 0 spiro atoms. The first-order chi connectivity index (χ1) is 53.8. The topological polar surface area (TPSA) is 328 Å². The van der Waals surface area contributed by atoms with E-state index in [1.807, 2.05) is 18.2 Å². The number of isocyanates is 1. The Morgan fingerprint density at radius 2 is 0.991 bits per heavy atom. The maximum absolute atomic E-state index is 13.8. The number of piperidine rings is 1. The van der Waals surface area contributed by atoms with Gasteiger partial charge in [-0.1, -0.05) is 48.5 Å². The number of carboxylic acid groups (broad SMARTS) is 1. The SMILES string of the molecule is CN(CCN1CCOCC1)C(=O)Nc1cccc(C(=O)Nc2ccc(N3CCCCC3)cc2-c2cc(C(=O)N[C@H]3CCCc4ccccc43)ccn2)c1.CN(CCN1CCOCC1)C(=O)Nc1cccc(C(=O)O)c1.COC(=O)c1cccc(N=C=O)c1.COC(=O)c1cccc(NC(=O)N(C)CCN2CCOCC2)c1. The van der Waals surface area contributed by atoms with Gasteiger partial charge in [0.1, 0.15) is 0 Å². The minimum Gasteiger partial charge on any atom is -0.478 e. The summed E-state index contributed by atoms with van der Waals surface area (Å²) in [5.41, 5.74) is 9.20. The van der Waals surface area contributed by atoms with Crippen LogP contribution in [0.15, 0.2) is 163 Å². The highest BCUT2D eigenvalue weighted by molar-refractivity contribution is 6.08. The normalized spacial score (nSPS) is 15.5. The number of carbonyl (C=O) groups is 8. The highest BCUT2D eigenvalue weighted by atomic mass is 16.5. The van der Waals surface area contributed by atoms with E-state index < -0.39 is 17.9 Å². The Labute approximate surface area is 647 Å². The summed E-state index contributed by atoms with van der Waals surface area (Å²) in [6.07, 6.45) is 9.46. The summed E-state index contributed by atoms with van der Waals surface area (Å²) in [7, 11) is 7.85. The smallest absolute Gasteiger partial charge is 0.337 e. The monoisotopic (exact) mass is 1520 g/mol. The number of aromatic nitrogens is 1. The first kappa shape index (κ1) is 83.6. The summed E-state index contributed by atoms with van der Waals surface area (Å²) < 4.78 is 25.2. The zero-order chi connectivity index (χ0) is 78.9. The molecule has 12 rings (SSSR count).